The molecule has 0 saturated carbocycles. The van der Waals surface area contributed by atoms with Gasteiger partial charge in [-0.1, -0.05) is 78.3 Å². The number of nitrogens with zero attached hydrogens (tertiary/aromatic N) is 2. The van der Waals surface area contributed by atoms with Crippen LogP contribution in [0.4, 0.5) is 0 Å². The number of likely N-dealkylation sites (N-methyl/N-ethyl adjacent to an activating group) is 1. The zero-order valence-corrected chi connectivity index (χ0v) is 24.1. The second-order valence-electron chi connectivity index (χ2n) is 10.0. The van der Waals surface area contributed by atoms with Crippen LogP contribution >= 0.6 is 48.8 Å². The molecule has 3 aromatic rings. The van der Waals surface area contributed by atoms with Gasteiger partial charge in [0.1, 0.15) is 0 Å². The molecule has 1 unspecified atom stereocenters. The molecule has 196 valence electrons. The Hall–Kier alpha value is -1.26. The molecule has 3 aromatic carbocycles. The van der Waals surface area contributed by atoms with Crippen molar-refractivity contribution in [1.29, 1.82) is 0 Å². The summed E-state index contributed by atoms with van der Waals surface area (Å²) < 4.78 is 0. The van der Waals surface area contributed by atoms with Crippen LogP contribution in [0.15, 0.2) is 78.9 Å². The lowest BCUT2D eigenvalue weighted by atomic mass is 9.67. The minimum Gasteiger partial charge on any atom is -0.303 e. The van der Waals surface area contributed by atoms with Gasteiger partial charge in [-0.15, -0.1) is 37.2 Å². The van der Waals surface area contributed by atoms with Crippen molar-refractivity contribution in [2.45, 2.75) is 43.6 Å². The smallest absolute Gasteiger partial charge is 0.0406 e. The summed E-state index contributed by atoms with van der Waals surface area (Å²) in [5.74, 6) is 0.724. The van der Waals surface area contributed by atoms with Gasteiger partial charge in [-0.2, -0.15) is 0 Å². The summed E-state index contributed by atoms with van der Waals surface area (Å²) in [7, 11) is 2.26. The first-order valence-corrected chi connectivity index (χ1v) is 12.8. The van der Waals surface area contributed by atoms with Crippen molar-refractivity contribution in [3.63, 3.8) is 0 Å². The molecule has 0 spiro atoms. The van der Waals surface area contributed by atoms with Gasteiger partial charge in [0.05, 0.1) is 0 Å². The van der Waals surface area contributed by atoms with Crippen molar-refractivity contribution in [2.75, 3.05) is 33.2 Å². The third kappa shape index (κ3) is 6.78. The highest BCUT2D eigenvalue weighted by Gasteiger charge is 2.39. The Morgan fingerprint density at radius 3 is 2.17 bits per heavy atom. The van der Waals surface area contributed by atoms with Crippen LogP contribution < -0.4 is 0 Å². The molecule has 1 saturated heterocycles. The van der Waals surface area contributed by atoms with Crippen LogP contribution in [0, 0.1) is 0 Å². The van der Waals surface area contributed by atoms with Gasteiger partial charge in [-0.25, -0.2) is 0 Å². The van der Waals surface area contributed by atoms with E-state index in [1.807, 2.05) is 0 Å². The van der Waals surface area contributed by atoms with Crippen LogP contribution in [0.3, 0.4) is 0 Å². The lowest BCUT2D eigenvalue weighted by Crippen LogP contribution is -2.45. The minimum atomic E-state index is 0. The van der Waals surface area contributed by atoms with Crippen molar-refractivity contribution in [3.05, 3.63) is 106 Å². The topological polar surface area (TPSA) is 6.48 Å². The predicted molar refractivity (Wildman–Crippen MR) is 161 cm³/mol. The van der Waals surface area contributed by atoms with Crippen molar-refractivity contribution in [3.8, 4) is 0 Å². The van der Waals surface area contributed by atoms with Crippen LogP contribution in [0.1, 0.15) is 53.9 Å². The maximum atomic E-state index is 6.27. The molecular formula is C30H38Cl4N2. The Bertz CT molecular complexity index is 1050. The van der Waals surface area contributed by atoms with Crippen LogP contribution in [-0.4, -0.2) is 43.0 Å². The lowest BCUT2D eigenvalue weighted by Gasteiger charge is -2.44. The van der Waals surface area contributed by atoms with E-state index in [2.05, 4.69) is 95.7 Å². The number of halogens is 4. The van der Waals surface area contributed by atoms with Gasteiger partial charge in [0.15, 0.2) is 0 Å². The Morgan fingerprint density at radius 2 is 1.47 bits per heavy atom. The molecule has 0 aromatic heterocycles. The Morgan fingerprint density at radius 1 is 0.833 bits per heavy atom. The summed E-state index contributed by atoms with van der Waals surface area (Å²) in [5.41, 5.74) is 5.91. The van der Waals surface area contributed by atoms with Gasteiger partial charge < -0.3 is 9.80 Å². The van der Waals surface area contributed by atoms with E-state index in [0.717, 1.165) is 30.5 Å². The molecule has 0 amide bonds. The molecule has 1 fully saturated rings. The lowest BCUT2D eigenvalue weighted by molar-refractivity contribution is 0.189. The standard InChI is InChI=1S/C30H35ClN2.3ClH/c1-32-22-26-10-5-6-11-29(26)30(23-32,27-12-14-28(31)15-13-27)18-7-19-33-20-16-25(17-21-33)24-8-3-2-4-9-24;;;/h2-6,8-15,25H,7,16-23H2,1H3;3*1H. The molecule has 2 nitrogen and oxygen atoms in total. The van der Waals surface area contributed by atoms with Crippen molar-refractivity contribution in [1.82, 2.24) is 9.80 Å². The highest BCUT2D eigenvalue weighted by atomic mass is 35.5. The zero-order chi connectivity index (χ0) is 22.7. The van der Waals surface area contributed by atoms with Crippen LogP contribution in [-0.2, 0) is 12.0 Å². The quantitative estimate of drug-likeness (QED) is 0.298. The second-order valence-corrected chi connectivity index (χ2v) is 10.5. The van der Waals surface area contributed by atoms with Crippen molar-refractivity contribution >= 4 is 48.8 Å². The average molecular weight is 568 g/mol. The fourth-order valence-electron chi connectivity index (χ4n) is 6.21. The Labute approximate surface area is 240 Å². The van der Waals surface area contributed by atoms with E-state index in [4.69, 9.17) is 11.6 Å². The summed E-state index contributed by atoms with van der Waals surface area (Å²) >= 11 is 6.27. The number of piperidine rings is 1. The molecule has 0 bridgehead atoms. The number of fused-ring (bicyclic) bond motifs is 1. The molecule has 0 radical (unpaired) electrons. The highest BCUT2D eigenvalue weighted by Crippen LogP contribution is 2.43. The fraction of sp³-hybridized carbons (Fsp3) is 0.400. The van der Waals surface area contributed by atoms with Crippen LogP contribution in [0.2, 0.25) is 5.02 Å². The van der Waals surface area contributed by atoms with Gasteiger partial charge in [-0.05, 0) is 92.7 Å². The van der Waals surface area contributed by atoms with Crippen LogP contribution in [0.25, 0.3) is 0 Å². The molecule has 2 aliphatic rings. The van der Waals surface area contributed by atoms with E-state index >= 15 is 0 Å². The van der Waals surface area contributed by atoms with E-state index < -0.39 is 0 Å². The third-order valence-corrected chi connectivity index (χ3v) is 8.10. The Kier molecular flexibility index (Phi) is 12.1. The normalized spacial score (nSPS) is 20.4. The number of benzene rings is 3. The Balaban J connectivity index is 0.00000152. The van der Waals surface area contributed by atoms with Crippen molar-refractivity contribution < 1.29 is 0 Å². The molecule has 1 atom stereocenters. The summed E-state index contributed by atoms with van der Waals surface area (Å²) in [6, 6.07) is 28.8. The number of hydrogen-bond donors (Lipinski definition) is 0. The first-order valence-electron chi connectivity index (χ1n) is 12.4. The molecule has 6 heteroatoms. The highest BCUT2D eigenvalue weighted by molar-refractivity contribution is 6.30. The summed E-state index contributed by atoms with van der Waals surface area (Å²) in [6.07, 6.45) is 4.92. The maximum Gasteiger partial charge on any atom is 0.0406 e. The molecule has 0 N–H and O–H groups in total. The number of rotatable bonds is 6. The molecular weight excluding hydrogens is 530 g/mol. The van der Waals surface area contributed by atoms with Gasteiger partial charge in [0, 0.05) is 23.5 Å². The second kappa shape index (κ2) is 14.0. The van der Waals surface area contributed by atoms with E-state index in [9.17, 15) is 0 Å². The van der Waals surface area contributed by atoms with Crippen LogP contribution in [0.5, 0.6) is 0 Å². The van der Waals surface area contributed by atoms with E-state index in [1.54, 1.807) is 0 Å². The fourth-order valence-corrected chi connectivity index (χ4v) is 6.34. The van der Waals surface area contributed by atoms with Gasteiger partial charge >= 0.3 is 0 Å². The van der Waals surface area contributed by atoms with E-state index in [0.29, 0.717) is 0 Å². The average Bonchev–Trinajstić information content (AvgIpc) is 2.85. The third-order valence-electron chi connectivity index (χ3n) is 7.85. The van der Waals surface area contributed by atoms with Gasteiger partial charge in [0.25, 0.3) is 0 Å². The SMILES string of the molecule is CN1Cc2ccccc2C(CCCN2CCC(c3ccccc3)CC2)(c2ccc(Cl)cc2)C1.Cl.Cl.Cl. The summed E-state index contributed by atoms with van der Waals surface area (Å²) in [5, 5.41) is 0.813. The first-order chi connectivity index (χ1) is 16.1. The largest absolute Gasteiger partial charge is 0.303 e. The number of likely N-dealkylation sites (tertiary alicyclic amines) is 1. The van der Waals surface area contributed by atoms with Crippen molar-refractivity contribution in [2.24, 2.45) is 0 Å². The van der Waals surface area contributed by atoms with Gasteiger partial charge in [-0.3, -0.25) is 0 Å². The molecule has 5 rings (SSSR count). The first kappa shape index (κ1) is 31.0. The monoisotopic (exact) mass is 566 g/mol. The van der Waals surface area contributed by atoms with E-state index in [1.165, 1.54) is 61.2 Å². The van der Waals surface area contributed by atoms with E-state index in [-0.39, 0.29) is 42.6 Å². The maximum absolute atomic E-state index is 6.27. The summed E-state index contributed by atoms with van der Waals surface area (Å²) in [6.45, 7) is 5.69. The zero-order valence-electron chi connectivity index (χ0n) is 20.9. The molecule has 0 aliphatic carbocycles. The number of hydrogen-bond acceptors (Lipinski definition) is 2. The molecule has 36 heavy (non-hydrogen) atoms. The minimum absolute atomic E-state index is 0. The molecule has 2 aliphatic heterocycles. The summed E-state index contributed by atoms with van der Waals surface area (Å²) in [4.78, 5) is 5.18. The van der Waals surface area contributed by atoms with Gasteiger partial charge in [0.2, 0.25) is 0 Å². The molecule has 2 heterocycles. The predicted octanol–water partition coefficient (Wildman–Crippen LogP) is 8.00.